The van der Waals surface area contributed by atoms with Gasteiger partial charge in [-0.25, -0.2) is 5.01 Å². The van der Waals surface area contributed by atoms with Crippen LogP contribution in [0.4, 0.5) is 0 Å². The third-order valence-electron chi connectivity index (χ3n) is 0.683. The third kappa shape index (κ3) is 1.55. The fourth-order valence-electron chi connectivity index (χ4n) is 0.187. The van der Waals surface area contributed by atoms with Crippen LogP contribution in [0.1, 0.15) is 0 Å². The van der Waals surface area contributed by atoms with Gasteiger partial charge < -0.3 is 5.73 Å². The minimum Gasteiger partial charge on any atom is -0.368 e. The van der Waals surface area contributed by atoms with Crippen LogP contribution in [0.5, 0.6) is 0 Å². The number of aliphatic imine (C=N–C) groups is 1. The van der Waals surface area contributed by atoms with Crippen LogP contribution in [0.2, 0.25) is 0 Å². The number of nitroso groups, excluding NO2 is 1. The van der Waals surface area contributed by atoms with E-state index in [-0.39, 0.29) is 5.96 Å². The number of nitrogens with two attached hydrogens (primary N) is 1. The van der Waals surface area contributed by atoms with Gasteiger partial charge in [-0.2, -0.15) is 0 Å². The highest BCUT2D eigenvalue weighted by molar-refractivity contribution is 5.77. The molecular weight excluding hydrogens is 108 g/mol. The standard InChI is InChI=1S/C3H8N4O/c1-5-3(4)7(2)6-8/h1-2H3,(H2,4,5). The lowest BCUT2D eigenvalue weighted by molar-refractivity contribution is 0.529. The van der Waals surface area contributed by atoms with E-state index in [1.54, 1.807) is 0 Å². The average molecular weight is 116 g/mol. The van der Waals surface area contributed by atoms with Crippen molar-refractivity contribution in [2.45, 2.75) is 0 Å². The Morgan fingerprint density at radius 3 is 2.38 bits per heavy atom. The van der Waals surface area contributed by atoms with Crippen LogP contribution in [0.25, 0.3) is 0 Å². The summed E-state index contributed by atoms with van der Waals surface area (Å²) in [4.78, 5) is 13.1. The first-order valence-corrected chi connectivity index (χ1v) is 2.01. The molecule has 0 bridgehead atoms. The van der Waals surface area contributed by atoms with Crippen LogP contribution in [0.15, 0.2) is 10.3 Å². The Hall–Kier alpha value is -1.13. The Labute approximate surface area is 47.1 Å². The van der Waals surface area contributed by atoms with Crippen molar-refractivity contribution in [1.29, 1.82) is 0 Å². The first-order chi connectivity index (χ1) is 3.72. The highest BCUT2D eigenvalue weighted by atomic mass is 16.3. The van der Waals surface area contributed by atoms with Gasteiger partial charge in [-0.1, -0.05) is 0 Å². The summed E-state index contributed by atoms with van der Waals surface area (Å²) in [6, 6.07) is 0. The summed E-state index contributed by atoms with van der Waals surface area (Å²) in [6.07, 6.45) is 0. The van der Waals surface area contributed by atoms with Crippen LogP contribution in [-0.2, 0) is 0 Å². The Morgan fingerprint density at radius 1 is 1.75 bits per heavy atom. The predicted molar refractivity (Wildman–Crippen MR) is 31.1 cm³/mol. The predicted octanol–water partition coefficient (Wildman–Crippen LogP) is -0.456. The molecule has 2 N–H and O–H groups in total. The molecule has 46 valence electrons. The zero-order valence-corrected chi connectivity index (χ0v) is 4.83. The topological polar surface area (TPSA) is 71.0 Å². The van der Waals surface area contributed by atoms with Gasteiger partial charge in [-0.3, -0.25) is 4.99 Å². The highest BCUT2D eigenvalue weighted by Crippen LogP contribution is 1.77. The van der Waals surface area contributed by atoms with Gasteiger partial charge in [-0.15, -0.1) is 4.91 Å². The van der Waals surface area contributed by atoms with Crippen molar-refractivity contribution in [3.8, 4) is 0 Å². The van der Waals surface area contributed by atoms with E-state index in [2.05, 4.69) is 10.3 Å². The smallest absolute Gasteiger partial charge is 0.214 e. The van der Waals surface area contributed by atoms with Crippen molar-refractivity contribution in [1.82, 2.24) is 5.01 Å². The lowest BCUT2D eigenvalue weighted by Crippen LogP contribution is -2.28. The summed E-state index contributed by atoms with van der Waals surface area (Å²) in [5.41, 5.74) is 5.11. The maximum atomic E-state index is 9.62. The summed E-state index contributed by atoms with van der Waals surface area (Å²) in [5.74, 6) is 0.111. The van der Waals surface area contributed by atoms with Crippen LogP contribution in [0.3, 0.4) is 0 Å². The molecule has 0 amide bonds. The van der Waals surface area contributed by atoms with E-state index in [4.69, 9.17) is 5.73 Å². The maximum absolute atomic E-state index is 9.62. The van der Waals surface area contributed by atoms with Crippen molar-refractivity contribution < 1.29 is 0 Å². The molecule has 0 radical (unpaired) electrons. The van der Waals surface area contributed by atoms with Crippen molar-refractivity contribution in [3.05, 3.63) is 4.91 Å². The summed E-state index contributed by atoms with van der Waals surface area (Å²) < 4.78 is 0. The molecule has 0 fully saturated rings. The molecule has 0 spiro atoms. The van der Waals surface area contributed by atoms with Gasteiger partial charge in [0, 0.05) is 14.1 Å². The van der Waals surface area contributed by atoms with Crippen LogP contribution >= 0.6 is 0 Å². The number of guanidine groups is 1. The van der Waals surface area contributed by atoms with Crippen molar-refractivity contribution >= 4 is 5.96 Å². The zero-order valence-electron chi connectivity index (χ0n) is 4.83. The van der Waals surface area contributed by atoms with Crippen LogP contribution < -0.4 is 5.73 Å². The molecule has 0 saturated carbocycles. The van der Waals surface area contributed by atoms with Crippen LogP contribution in [-0.4, -0.2) is 25.1 Å². The highest BCUT2D eigenvalue weighted by Gasteiger charge is 1.94. The molecule has 5 heteroatoms. The maximum Gasteiger partial charge on any atom is 0.214 e. The van der Waals surface area contributed by atoms with E-state index in [0.717, 1.165) is 5.01 Å². The van der Waals surface area contributed by atoms with E-state index in [1.165, 1.54) is 14.1 Å². The van der Waals surface area contributed by atoms with Crippen molar-refractivity contribution in [3.63, 3.8) is 0 Å². The molecule has 0 aliphatic carbocycles. The van der Waals surface area contributed by atoms with Gasteiger partial charge in [0.2, 0.25) is 5.96 Å². The van der Waals surface area contributed by atoms with Gasteiger partial charge >= 0.3 is 0 Å². The minimum absolute atomic E-state index is 0.111. The van der Waals surface area contributed by atoms with Gasteiger partial charge in [0.15, 0.2) is 0 Å². The second-order valence-corrected chi connectivity index (χ2v) is 1.19. The van der Waals surface area contributed by atoms with E-state index < -0.39 is 0 Å². The molecule has 0 heterocycles. The van der Waals surface area contributed by atoms with Gasteiger partial charge in [0.05, 0.1) is 5.29 Å². The van der Waals surface area contributed by atoms with E-state index in [9.17, 15) is 4.91 Å². The Balaban J connectivity index is 3.81. The second-order valence-electron chi connectivity index (χ2n) is 1.19. The Morgan fingerprint density at radius 2 is 2.25 bits per heavy atom. The second kappa shape index (κ2) is 2.95. The molecule has 0 rings (SSSR count). The summed E-state index contributed by atoms with van der Waals surface area (Å²) in [7, 11) is 2.91. The monoisotopic (exact) mass is 116 g/mol. The normalized spacial score (nSPS) is 11.0. The van der Waals surface area contributed by atoms with Crippen LogP contribution in [0, 0.1) is 4.91 Å². The molecule has 0 aliphatic rings. The van der Waals surface area contributed by atoms with Gasteiger partial charge in [0.1, 0.15) is 0 Å². The van der Waals surface area contributed by atoms with Gasteiger partial charge in [-0.05, 0) is 0 Å². The van der Waals surface area contributed by atoms with Crippen molar-refractivity contribution in [2.75, 3.05) is 14.1 Å². The minimum atomic E-state index is 0.111. The quantitative estimate of drug-likeness (QED) is 0.218. The molecule has 0 unspecified atom stereocenters. The lowest BCUT2D eigenvalue weighted by atomic mass is 10.9. The largest absolute Gasteiger partial charge is 0.368 e. The number of hydrogen-bond acceptors (Lipinski definition) is 3. The third-order valence-corrected chi connectivity index (χ3v) is 0.683. The molecule has 0 aliphatic heterocycles. The summed E-state index contributed by atoms with van der Waals surface area (Å²) in [5, 5.41) is 3.43. The summed E-state index contributed by atoms with van der Waals surface area (Å²) in [6.45, 7) is 0. The average Bonchev–Trinajstić information content (AvgIpc) is 1.84. The van der Waals surface area contributed by atoms with E-state index in [0.29, 0.717) is 0 Å². The molecule has 0 saturated heterocycles. The first kappa shape index (κ1) is 6.87. The molecule has 0 atom stereocenters. The lowest BCUT2D eigenvalue weighted by Gasteiger charge is -2.03. The summed E-state index contributed by atoms with van der Waals surface area (Å²) >= 11 is 0. The molecule has 0 aromatic heterocycles. The Bertz CT molecular complexity index is 110. The fourth-order valence-corrected chi connectivity index (χ4v) is 0.187. The fraction of sp³-hybridized carbons (Fsp3) is 0.667. The number of rotatable bonds is 1. The molecule has 5 nitrogen and oxygen atoms in total. The zero-order chi connectivity index (χ0) is 6.57. The number of nitrogens with zero attached hydrogens (tertiary/aromatic N) is 3. The SMILES string of the molecule is CN=C(N)N(C)N=O. The van der Waals surface area contributed by atoms with Crippen molar-refractivity contribution in [2.24, 2.45) is 16.0 Å². The number of hydrogen-bond donors (Lipinski definition) is 1. The Kier molecular flexibility index (Phi) is 2.53. The molecule has 0 aromatic carbocycles. The van der Waals surface area contributed by atoms with Gasteiger partial charge in [0.25, 0.3) is 0 Å². The molecule has 8 heavy (non-hydrogen) atoms. The van der Waals surface area contributed by atoms with E-state index in [1.807, 2.05) is 0 Å². The molecular formula is C3H8N4O. The van der Waals surface area contributed by atoms with E-state index >= 15 is 0 Å². The first-order valence-electron chi connectivity index (χ1n) is 2.01. The molecule has 0 aromatic rings.